The van der Waals surface area contributed by atoms with E-state index in [-0.39, 0.29) is 11.9 Å². The van der Waals surface area contributed by atoms with Crippen molar-refractivity contribution in [2.45, 2.75) is 39.3 Å². The van der Waals surface area contributed by atoms with Gasteiger partial charge in [0.25, 0.3) is 0 Å². The molecule has 1 N–H and O–H groups in total. The highest BCUT2D eigenvalue weighted by molar-refractivity contribution is 5.77. The molecule has 0 aliphatic heterocycles. The number of halogens is 1. The molecule has 0 aliphatic rings. The maximum absolute atomic E-state index is 13.5. The fourth-order valence-electron chi connectivity index (χ4n) is 1.73. The van der Waals surface area contributed by atoms with Crippen molar-refractivity contribution in [1.82, 2.24) is 4.90 Å². The van der Waals surface area contributed by atoms with Crippen LogP contribution in [0, 0.1) is 12.7 Å². The minimum absolute atomic E-state index is 0.175. The van der Waals surface area contributed by atoms with Gasteiger partial charge < -0.3 is 5.11 Å². The Morgan fingerprint density at radius 2 is 2.00 bits per heavy atom. The minimum atomic E-state index is -0.999. The second-order valence-corrected chi connectivity index (χ2v) is 5.16. The molecule has 1 aromatic carbocycles. The molecule has 0 aliphatic carbocycles. The Bertz CT molecular complexity index is 457. The highest BCUT2D eigenvalue weighted by Crippen LogP contribution is 2.27. The summed E-state index contributed by atoms with van der Waals surface area (Å²) in [5, 5.41) is 9.19. The summed E-state index contributed by atoms with van der Waals surface area (Å²) in [6.07, 6.45) is 0. The molecule has 3 nitrogen and oxygen atoms in total. The van der Waals surface area contributed by atoms with Crippen LogP contribution in [0.5, 0.6) is 0 Å². The van der Waals surface area contributed by atoms with Crippen molar-refractivity contribution in [3.05, 3.63) is 35.1 Å². The lowest BCUT2D eigenvalue weighted by atomic mass is 9.97. The van der Waals surface area contributed by atoms with Crippen LogP contribution in [-0.4, -0.2) is 28.6 Å². The molecule has 0 bridgehead atoms. The first kappa shape index (κ1) is 14.6. The number of benzene rings is 1. The average molecular weight is 253 g/mol. The molecule has 0 amide bonds. The Labute approximate surface area is 107 Å². The van der Waals surface area contributed by atoms with Gasteiger partial charge in [-0.2, -0.15) is 0 Å². The van der Waals surface area contributed by atoms with Crippen molar-refractivity contribution in [2.24, 2.45) is 0 Å². The number of aliphatic carboxylic acids is 1. The van der Waals surface area contributed by atoms with Crippen molar-refractivity contribution in [3.8, 4) is 0 Å². The number of carboxylic acids is 1. The summed E-state index contributed by atoms with van der Waals surface area (Å²) >= 11 is 0. The third kappa shape index (κ3) is 2.70. The van der Waals surface area contributed by atoms with Crippen LogP contribution in [0.1, 0.15) is 37.9 Å². The monoisotopic (exact) mass is 253 g/mol. The molecule has 0 fully saturated rings. The number of nitrogens with zero attached hydrogens (tertiary/aromatic N) is 1. The summed E-state index contributed by atoms with van der Waals surface area (Å²) < 4.78 is 13.5. The van der Waals surface area contributed by atoms with Crippen molar-refractivity contribution >= 4 is 5.97 Å². The van der Waals surface area contributed by atoms with Gasteiger partial charge in [0, 0.05) is 6.04 Å². The predicted molar refractivity (Wildman–Crippen MR) is 69.0 cm³/mol. The highest BCUT2D eigenvalue weighted by atomic mass is 19.1. The maximum atomic E-state index is 13.5. The molecule has 4 heteroatoms. The number of rotatable bonds is 4. The van der Waals surface area contributed by atoms with Gasteiger partial charge in [-0.1, -0.05) is 12.1 Å². The highest BCUT2D eigenvalue weighted by Gasteiger charge is 2.35. The van der Waals surface area contributed by atoms with E-state index in [0.717, 1.165) is 5.56 Å². The largest absolute Gasteiger partial charge is 0.480 e. The summed E-state index contributed by atoms with van der Waals surface area (Å²) in [4.78, 5) is 12.9. The second-order valence-electron chi connectivity index (χ2n) is 5.16. The zero-order chi connectivity index (χ0) is 14.1. The van der Waals surface area contributed by atoms with E-state index >= 15 is 0 Å². The Morgan fingerprint density at radius 3 is 2.44 bits per heavy atom. The summed E-state index contributed by atoms with van der Waals surface area (Å²) in [6.45, 7) is 6.84. The molecule has 100 valence electrons. The van der Waals surface area contributed by atoms with Gasteiger partial charge in [0.2, 0.25) is 0 Å². The second kappa shape index (κ2) is 5.06. The van der Waals surface area contributed by atoms with Gasteiger partial charge in [0.05, 0.1) is 0 Å². The Hall–Kier alpha value is -1.42. The summed E-state index contributed by atoms with van der Waals surface area (Å²) in [6, 6.07) is 4.83. The van der Waals surface area contributed by atoms with Gasteiger partial charge in [-0.15, -0.1) is 0 Å². The molecular weight excluding hydrogens is 233 g/mol. The van der Waals surface area contributed by atoms with Gasteiger partial charge in [0.15, 0.2) is 0 Å². The van der Waals surface area contributed by atoms with Crippen LogP contribution in [0.25, 0.3) is 0 Å². The van der Waals surface area contributed by atoms with Crippen LogP contribution in [0.3, 0.4) is 0 Å². The van der Waals surface area contributed by atoms with E-state index in [1.807, 2.05) is 13.0 Å². The lowest BCUT2D eigenvalue weighted by Crippen LogP contribution is -2.48. The van der Waals surface area contributed by atoms with Gasteiger partial charge >= 0.3 is 5.97 Å². The molecule has 0 heterocycles. The van der Waals surface area contributed by atoms with E-state index in [4.69, 9.17) is 0 Å². The molecule has 0 radical (unpaired) electrons. The van der Waals surface area contributed by atoms with Crippen molar-refractivity contribution in [1.29, 1.82) is 0 Å². The summed E-state index contributed by atoms with van der Waals surface area (Å²) in [5.74, 6) is -1.16. The Kier molecular flexibility index (Phi) is 4.12. The van der Waals surface area contributed by atoms with Crippen LogP contribution < -0.4 is 0 Å². The minimum Gasteiger partial charge on any atom is -0.480 e. The van der Waals surface area contributed by atoms with E-state index < -0.39 is 11.5 Å². The first-order chi connectivity index (χ1) is 8.17. The molecule has 0 saturated heterocycles. The molecule has 1 rings (SSSR count). The van der Waals surface area contributed by atoms with E-state index in [0.29, 0.717) is 5.56 Å². The Balaban J connectivity index is 3.03. The van der Waals surface area contributed by atoms with E-state index in [2.05, 4.69) is 0 Å². The third-order valence-electron chi connectivity index (χ3n) is 3.66. The van der Waals surface area contributed by atoms with Crippen molar-refractivity contribution in [3.63, 3.8) is 0 Å². The average Bonchev–Trinajstić information content (AvgIpc) is 2.30. The number of carboxylic acid groups (broad SMARTS) is 1. The van der Waals surface area contributed by atoms with Crippen LogP contribution in [0.15, 0.2) is 18.2 Å². The zero-order valence-corrected chi connectivity index (χ0v) is 11.5. The van der Waals surface area contributed by atoms with Crippen molar-refractivity contribution < 1.29 is 14.3 Å². The lowest BCUT2D eigenvalue weighted by Gasteiger charge is -2.36. The van der Waals surface area contributed by atoms with Gasteiger partial charge in [-0.3, -0.25) is 9.69 Å². The fraction of sp³-hybridized carbons (Fsp3) is 0.500. The molecule has 1 aromatic rings. The number of hydrogen-bond donors (Lipinski definition) is 1. The van der Waals surface area contributed by atoms with Gasteiger partial charge in [-0.25, -0.2) is 4.39 Å². The summed E-state index contributed by atoms with van der Waals surface area (Å²) in [7, 11) is 1.73. The first-order valence-corrected chi connectivity index (χ1v) is 5.90. The van der Waals surface area contributed by atoms with E-state index in [1.165, 1.54) is 6.07 Å². The molecule has 0 saturated carbocycles. The molecule has 1 atom stereocenters. The number of likely N-dealkylation sites (N-methyl/N-ethyl adjacent to an activating group) is 1. The molecule has 0 aromatic heterocycles. The standard InChI is InChI=1S/C14H20FNO2/c1-9-6-7-11(8-12(9)15)10(2)16(5)14(3,4)13(17)18/h6-8,10H,1-5H3,(H,17,18). The van der Waals surface area contributed by atoms with E-state index in [1.54, 1.807) is 38.8 Å². The summed E-state index contributed by atoms with van der Waals surface area (Å²) in [5.41, 5.74) is 0.363. The smallest absolute Gasteiger partial charge is 0.323 e. The van der Waals surface area contributed by atoms with Gasteiger partial charge in [-0.05, 0) is 51.9 Å². The van der Waals surface area contributed by atoms with Crippen LogP contribution in [-0.2, 0) is 4.79 Å². The molecule has 0 spiro atoms. The molecular formula is C14H20FNO2. The van der Waals surface area contributed by atoms with Gasteiger partial charge in [0.1, 0.15) is 11.4 Å². The van der Waals surface area contributed by atoms with E-state index in [9.17, 15) is 14.3 Å². The normalized spacial score (nSPS) is 13.7. The van der Waals surface area contributed by atoms with Crippen LogP contribution >= 0.6 is 0 Å². The molecule has 1 unspecified atom stereocenters. The quantitative estimate of drug-likeness (QED) is 0.896. The number of hydrogen-bond acceptors (Lipinski definition) is 2. The van der Waals surface area contributed by atoms with Crippen LogP contribution in [0.4, 0.5) is 4.39 Å². The number of carbonyl (C=O) groups is 1. The fourth-order valence-corrected chi connectivity index (χ4v) is 1.73. The maximum Gasteiger partial charge on any atom is 0.323 e. The van der Waals surface area contributed by atoms with Crippen LogP contribution in [0.2, 0.25) is 0 Å². The Morgan fingerprint density at radius 1 is 1.44 bits per heavy atom. The van der Waals surface area contributed by atoms with Crippen molar-refractivity contribution in [2.75, 3.05) is 7.05 Å². The zero-order valence-electron chi connectivity index (χ0n) is 11.5. The topological polar surface area (TPSA) is 40.5 Å². The third-order valence-corrected chi connectivity index (χ3v) is 3.66. The lowest BCUT2D eigenvalue weighted by molar-refractivity contribution is -0.149. The SMILES string of the molecule is Cc1ccc(C(C)N(C)C(C)(C)C(=O)O)cc1F. The first-order valence-electron chi connectivity index (χ1n) is 5.90. The predicted octanol–water partition coefficient (Wildman–Crippen LogP) is 2.99. The number of aryl methyl sites for hydroxylation is 1. The molecule has 18 heavy (non-hydrogen) atoms.